The zero-order valence-electron chi connectivity index (χ0n) is 15.4. The third-order valence-corrected chi connectivity index (χ3v) is 5.79. The number of hydrogen-bond donors (Lipinski definition) is 2. The van der Waals surface area contributed by atoms with Gasteiger partial charge in [-0.3, -0.25) is 9.59 Å². The molecule has 2 aromatic rings. The minimum absolute atomic E-state index is 0.0354. The third-order valence-electron chi connectivity index (χ3n) is 5.79. The fraction of sp³-hybridized carbons (Fsp3) is 0.364. The maximum Gasteiger partial charge on any atom is 0.252 e. The Hall–Kier alpha value is -2.66. The van der Waals surface area contributed by atoms with E-state index in [0.717, 1.165) is 36.0 Å². The van der Waals surface area contributed by atoms with Crippen LogP contribution in [-0.2, 0) is 17.6 Å². The summed E-state index contributed by atoms with van der Waals surface area (Å²) in [7, 11) is 0. The van der Waals surface area contributed by atoms with E-state index in [1.807, 2.05) is 59.5 Å². The Balaban J connectivity index is 1.44. The van der Waals surface area contributed by atoms with Gasteiger partial charge in [-0.2, -0.15) is 0 Å². The first-order valence-electron chi connectivity index (χ1n) is 9.55. The van der Waals surface area contributed by atoms with Crippen LogP contribution in [-0.4, -0.2) is 41.4 Å². The molecule has 1 fully saturated rings. The van der Waals surface area contributed by atoms with E-state index in [4.69, 9.17) is 5.73 Å². The number of nitrogens with one attached hydrogen (secondary N) is 1. The lowest BCUT2D eigenvalue weighted by Gasteiger charge is -2.29. The van der Waals surface area contributed by atoms with Crippen molar-refractivity contribution in [2.75, 3.05) is 13.1 Å². The lowest BCUT2D eigenvalue weighted by molar-refractivity contribution is -0.131. The van der Waals surface area contributed by atoms with Crippen molar-refractivity contribution in [3.8, 4) is 0 Å². The highest BCUT2D eigenvalue weighted by Crippen LogP contribution is 2.31. The number of fused-ring (bicyclic) bond motifs is 1. The molecule has 5 nitrogen and oxygen atoms in total. The van der Waals surface area contributed by atoms with E-state index in [0.29, 0.717) is 19.5 Å². The highest BCUT2D eigenvalue weighted by atomic mass is 16.2. The van der Waals surface area contributed by atoms with Crippen LogP contribution in [0.4, 0.5) is 0 Å². The quantitative estimate of drug-likeness (QED) is 0.875. The van der Waals surface area contributed by atoms with Crippen LogP contribution in [0.2, 0.25) is 0 Å². The van der Waals surface area contributed by atoms with Crippen LogP contribution in [0.25, 0.3) is 0 Å². The van der Waals surface area contributed by atoms with Gasteiger partial charge in [0.05, 0.1) is 11.6 Å². The number of nitrogens with zero attached hydrogens (tertiary/aromatic N) is 1. The Morgan fingerprint density at radius 3 is 2.67 bits per heavy atom. The first kappa shape index (κ1) is 17.7. The third kappa shape index (κ3) is 3.60. The molecule has 0 saturated carbocycles. The standard InChI is InChI=1S/C22H25N3O2/c23-19(14-16-6-2-1-3-7-16)21(27)25-13-12-22(15-25)11-10-17-8-4-5-9-18(17)20(26)24-22/h1-9,19H,10-15,23H2,(H,24,26)/t19-,22-/m0/s1. The molecule has 0 aromatic heterocycles. The average Bonchev–Trinajstić information content (AvgIpc) is 3.04. The summed E-state index contributed by atoms with van der Waals surface area (Å²) in [5.74, 6) is -0.0716. The van der Waals surface area contributed by atoms with Crippen LogP contribution in [0.15, 0.2) is 54.6 Å². The van der Waals surface area contributed by atoms with Gasteiger partial charge < -0.3 is 16.0 Å². The molecule has 2 aromatic carbocycles. The fourth-order valence-electron chi connectivity index (χ4n) is 4.26. The number of amides is 2. The maximum absolute atomic E-state index is 12.8. The Labute approximate surface area is 159 Å². The van der Waals surface area contributed by atoms with E-state index in [1.54, 1.807) is 0 Å². The van der Waals surface area contributed by atoms with Crippen molar-refractivity contribution in [2.45, 2.75) is 37.3 Å². The van der Waals surface area contributed by atoms with Gasteiger partial charge in [0.1, 0.15) is 0 Å². The molecule has 2 amide bonds. The van der Waals surface area contributed by atoms with Gasteiger partial charge in [0.15, 0.2) is 0 Å². The molecule has 4 rings (SSSR count). The van der Waals surface area contributed by atoms with Crippen molar-refractivity contribution in [2.24, 2.45) is 5.73 Å². The molecule has 0 aliphatic carbocycles. The molecule has 1 saturated heterocycles. The largest absolute Gasteiger partial charge is 0.345 e. The number of likely N-dealkylation sites (tertiary alicyclic amines) is 1. The highest BCUT2D eigenvalue weighted by molar-refractivity contribution is 5.96. The zero-order chi connectivity index (χ0) is 18.9. The van der Waals surface area contributed by atoms with Gasteiger partial charge in [-0.05, 0) is 42.9 Å². The molecule has 3 N–H and O–H groups in total. The van der Waals surface area contributed by atoms with E-state index in [-0.39, 0.29) is 17.4 Å². The van der Waals surface area contributed by atoms with E-state index in [9.17, 15) is 9.59 Å². The number of aryl methyl sites for hydroxylation is 1. The van der Waals surface area contributed by atoms with Crippen molar-refractivity contribution >= 4 is 11.8 Å². The molecular formula is C22H25N3O2. The van der Waals surface area contributed by atoms with E-state index in [2.05, 4.69) is 5.32 Å². The number of carbonyl (C=O) groups excluding carboxylic acids is 2. The topological polar surface area (TPSA) is 75.4 Å². The Kier molecular flexibility index (Phi) is 4.70. The summed E-state index contributed by atoms with van der Waals surface area (Å²) < 4.78 is 0. The molecule has 1 spiro atoms. The minimum atomic E-state index is -0.554. The minimum Gasteiger partial charge on any atom is -0.345 e. The summed E-state index contributed by atoms with van der Waals surface area (Å²) in [5.41, 5.74) is 8.74. The van der Waals surface area contributed by atoms with Crippen molar-refractivity contribution in [3.05, 3.63) is 71.3 Å². The SMILES string of the molecule is N[C@@H](Cc1ccccc1)C(=O)N1CC[C@@]2(CCc3ccccc3C(=O)N2)C1. The summed E-state index contributed by atoms with van der Waals surface area (Å²) in [6, 6.07) is 17.0. The van der Waals surface area contributed by atoms with Crippen LogP contribution in [0.5, 0.6) is 0 Å². The molecule has 2 aliphatic heterocycles. The van der Waals surface area contributed by atoms with Crippen LogP contribution >= 0.6 is 0 Å². The molecule has 0 unspecified atom stereocenters. The monoisotopic (exact) mass is 363 g/mol. The van der Waals surface area contributed by atoms with Gasteiger partial charge in [0, 0.05) is 18.7 Å². The lowest BCUT2D eigenvalue weighted by atomic mass is 9.91. The van der Waals surface area contributed by atoms with Gasteiger partial charge >= 0.3 is 0 Å². The molecule has 2 atom stereocenters. The summed E-state index contributed by atoms with van der Waals surface area (Å²) in [6.07, 6.45) is 2.98. The number of benzene rings is 2. The lowest BCUT2D eigenvalue weighted by Crippen LogP contribution is -2.52. The smallest absolute Gasteiger partial charge is 0.252 e. The predicted molar refractivity (Wildman–Crippen MR) is 104 cm³/mol. The second kappa shape index (κ2) is 7.16. The van der Waals surface area contributed by atoms with Gasteiger partial charge in [-0.1, -0.05) is 48.5 Å². The van der Waals surface area contributed by atoms with Crippen LogP contribution in [0, 0.1) is 0 Å². The molecule has 2 heterocycles. The van der Waals surface area contributed by atoms with Crippen LogP contribution in [0.3, 0.4) is 0 Å². The molecule has 2 aliphatic rings. The van der Waals surface area contributed by atoms with Crippen LogP contribution < -0.4 is 11.1 Å². The zero-order valence-corrected chi connectivity index (χ0v) is 15.4. The number of carbonyl (C=O) groups is 2. The normalized spacial score (nSPS) is 22.9. The second-order valence-corrected chi connectivity index (χ2v) is 7.70. The van der Waals surface area contributed by atoms with Crippen molar-refractivity contribution in [3.63, 3.8) is 0 Å². The number of nitrogens with two attached hydrogens (primary N) is 1. The van der Waals surface area contributed by atoms with Gasteiger partial charge in [-0.15, -0.1) is 0 Å². The van der Waals surface area contributed by atoms with Crippen LogP contribution in [0.1, 0.15) is 34.3 Å². The Morgan fingerprint density at radius 2 is 1.85 bits per heavy atom. The molecular weight excluding hydrogens is 338 g/mol. The van der Waals surface area contributed by atoms with Gasteiger partial charge in [0.25, 0.3) is 5.91 Å². The number of hydrogen-bond acceptors (Lipinski definition) is 3. The molecule has 27 heavy (non-hydrogen) atoms. The summed E-state index contributed by atoms with van der Waals surface area (Å²) in [6.45, 7) is 1.17. The maximum atomic E-state index is 12.8. The number of rotatable bonds is 3. The van der Waals surface area contributed by atoms with E-state index in [1.165, 1.54) is 0 Å². The second-order valence-electron chi connectivity index (χ2n) is 7.70. The first-order chi connectivity index (χ1) is 13.1. The van der Waals surface area contributed by atoms with E-state index >= 15 is 0 Å². The van der Waals surface area contributed by atoms with Crippen molar-refractivity contribution in [1.82, 2.24) is 10.2 Å². The van der Waals surface area contributed by atoms with Crippen molar-refractivity contribution < 1.29 is 9.59 Å². The van der Waals surface area contributed by atoms with E-state index < -0.39 is 6.04 Å². The molecule has 140 valence electrons. The average molecular weight is 363 g/mol. The van der Waals surface area contributed by atoms with Crippen molar-refractivity contribution in [1.29, 1.82) is 0 Å². The summed E-state index contributed by atoms with van der Waals surface area (Å²) in [4.78, 5) is 27.4. The predicted octanol–water partition coefficient (Wildman–Crippen LogP) is 1.90. The van der Waals surface area contributed by atoms with Gasteiger partial charge in [-0.25, -0.2) is 0 Å². The van der Waals surface area contributed by atoms with Gasteiger partial charge in [0.2, 0.25) is 5.91 Å². The Morgan fingerprint density at radius 1 is 1.11 bits per heavy atom. The summed E-state index contributed by atoms with van der Waals surface area (Å²) >= 11 is 0. The summed E-state index contributed by atoms with van der Waals surface area (Å²) in [5, 5.41) is 3.21. The molecule has 5 heteroatoms. The fourth-order valence-corrected chi connectivity index (χ4v) is 4.26. The highest BCUT2D eigenvalue weighted by Gasteiger charge is 2.43. The Bertz CT molecular complexity index is 852. The first-order valence-corrected chi connectivity index (χ1v) is 9.55. The molecule has 0 bridgehead atoms. The molecule has 0 radical (unpaired) electrons.